The van der Waals surface area contributed by atoms with Crippen molar-refractivity contribution < 1.29 is 5.11 Å². The van der Waals surface area contributed by atoms with Gasteiger partial charge in [0.1, 0.15) is 5.69 Å². The van der Waals surface area contributed by atoms with Crippen molar-refractivity contribution in [1.29, 1.82) is 0 Å². The van der Waals surface area contributed by atoms with Gasteiger partial charge in [0.15, 0.2) is 0 Å². The van der Waals surface area contributed by atoms with Crippen molar-refractivity contribution in [3.63, 3.8) is 0 Å². The van der Waals surface area contributed by atoms with Crippen molar-refractivity contribution in [2.75, 3.05) is 32.7 Å². The van der Waals surface area contributed by atoms with Crippen LogP contribution < -0.4 is 0 Å². The number of likely N-dealkylation sites (tertiary alicyclic amines) is 1. The van der Waals surface area contributed by atoms with Crippen LogP contribution in [0.25, 0.3) is 21.0 Å². The Kier molecular flexibility index (Phi) is 5.59. The Labute approximate surface area is 193 Å². The highest BCUT2D eigenvalue weighted by Gasteiger charge is 2.35. The first-order chi connectivity index (χ1) is 15.7. The monoisotopic (exact) mass is 449 g/mol. The molecule has 4 fully saturated rings. The van der Waals surface area contributed by atoms with E-state index in [-0.39, 0.29) is 6.10 Å². The fraction of sp³-hybridized carbons (Fsp3) is 0.520. The van der Waals surface area contributed by atoms with E-state index in [2.05, 4.69) is 67.4 Å². The first-order valence-corrected chi connectivity index (χ1v) is 12.8. The standard InChI is InChI=1S/C25H31N5OS/c31-21-9-13-28(14-10-21)15-18-1-3-20(4-2-18)24-5-6-25(32-24)22-16-30(27-26-22)23-17-29-11-7-19(23)8-12-29/h1-6,16,19,21,23,31H,7-15,17H2/t23-/m0/s1. The van der Waals surface area contributed by atoms with Crippen LogP contribution in [0.3, 0.4) is 0 Å². The van der Waals surface area contributed by atoms with E-state index in [4.69, 9.17) is 0 Å². The van der Waals surface area contributed by atoms with Gasteiger partial charge in [-0.25, -0.2) is 4.68 Å². The largest absolute Gasteiger partial charge is 0.393 e. The first kappa shape index (κ1) is 20.5. The van der Waals surface area contributed by atoms with E-state index >= 15 is 0 Å². The molecule has 0 spiro atoms. The zero-order valence-corrected chi connectivity index (χ0v) is 19.3. The van der Waals surface area contributed by atoms with Crippen LogP contribution in [0, 0.1) is 5.92 Å². The van der Waals surface area contributed by atoms with E-state index in [1.807, 2.05) is 0 Å². The lowest BCUT2D eigenvalue weighted by Gasteiger charge is -2.44. The Balaban J connectivity index is 1.13. The van der Waals surface area contributed by atoms with Crippen LogP contribution in [-0.4, -0.2) is 68.7 Å². The maximum atomic E-state index is 9.70. The molecule has 2 bridgehead atoms. The normalized spacial score (nSPS) is 26.6. The molecule has 0 amide bonds. The molecule has 0 aliphatic carbocycles. The summed E-state index contributed by atoms with van der Waals surface area (Å²) in [6.45, 7) is 6.54. The topological polar surface area (TPSA) is 57.4 Å². The lowest BCUT2D eigenvalue weighted by atomic mass is 9.84. The average Bonchev–Trinajstić information content (AvgIpc) is 3.52. The SMILES string of the molecule is OC1CCN(Cc2ccc(-c3ccc(-c4cn([C@H]5CN6CCC5CC6)nn4)s3)cc2)CC1. The van der Waals surface area contributed by atoms with Gasteiger partial charge in [-0.1, -0.05) is 29.5 Å². The predicted octanol–water partition coefficient (Wildman–Crippen LogP) is 3.90. The number of piperidine rings is 4. The lowest BCUT2D eigenvalue weighted by Crippen LogP contribution is -2.48. The zero-order valence-electron chi connectivity index (χ0n) is 18.4. The number of fused-ring (bicyclic) bond motifs is 3. The highest BCUT2D eigenvalue weighted by atomic mass is 32.1. The second-order valence-corrected chi connectivity index (χ2v) is 10.7. The van der Waals surface area contributed by atoms with Gasteiger partial charge >= 0.3 is 0 Å². The summed E-state index contributed by atoms with van der Waals surface area (Å²) in [6.07, 6.45) is 6.40. The van der Waals surface area contributed by atoms with Crippen molar-refractivity contribution in [3.8, 4) is 21.0 Å². The number of benzene rings is 1. The molecule has 0 saturated carbocycles. The number of aromatic nitrogens is 3. The quantitative estimate of drug-likeness (QED) is 0.640. The van der Waals surface area contributed by atoms with E-state index in [1.165, 1.54) is 46.8 Å². The summed E-state index contributed by atoms with van der Waals surface area (Å²) in [7, 11) is 0. The molecule has 4 aliphatic heterocycles. The van der Waals surface area contributed by atoms with E-state index in [9.17, 15) is 5.11 Å². The van der Waals surface area contributed by atoms with Gasteiger partial charge in [-0.2, -0.15) is 0 Å². The number of hydrogen-bond donors (Lipinski definition) is 1. The van der Waals surface area contributed by atoms with E-state index in [0.717, 1.165) is 50.6 Å². The van der Waals surface area contributed by atoms with Crippen LogP contribution in [0.2, 0.25) is 0 Å². The molecule has 0 unspecified atom stereocenters. The van der Waals surface area contributed by atoms with Crippen molar-refractivity contribution in [2.45, 2.75) is 44.4 Å². The highest BCUT2D eigenvalue weighted by Crippen LogP contribution is 2.37. The van der Waals surface area contributed by atoms with Crippen LogP contribution in [0.1, 0.15) is 37.3 Å². The number of thiophene rings is 1. The Bertz CT molecular complexity index is 1040. The molecule has 6 nitrogen and oxygen atoms in total. The summed E-state index contributed by atoms with van der Waals surface area (Å²) < 4.78 is 2.12. The number of rotatable bonds is 5. The van der Waals surface area contributed by atoms with Gasteiger partial charge in [-0.05, 0) is 68.0 Å². The van der Waals surface area contributed by atoms with Crippen LogP contribution in [0.4, 0.5) is 0 Å². The maximum absolute atomic E-state index is 9.70. The summed E-state index contributed by atoms with van der Waals surface area (Å²) in [4.78, 5) is 7.45. The molecule has 1 atom stereocenters. The molecule has 3 aromatic rings. The molecule has 32 heavy (non-hydrogen) atoms. The third-order valence-corrected chi connectivity index (χ3v) is 8.69. The summed E-state index contributed by atoms with van der Waals surface area (Å²) >= 11 is 1.79. The average molecular weight is 450 g/mol. The smallest absolute Gasteiger partial charge is 0.123 e. The van der Waals surface area contributed by atoms with Gasteiger partial charge in [-0.3, -0.25) is 4.90 Å². The Morgan fingerprint density at radius 3 is 2.38 bits per heavy atom. The molecule has 7 heteroatoms. The van der Waals surface area contributed by atoms with Gasteiger partial charge in [0.2, 0.25) is 0 Å². The van der Waals surface area contributed by atoms with Gasteiger partial charge in [0.05, 0.1) is 23.2 Å². The van der Waals surface area contributed by atoms with E-state index in [0.29, 0.717) is 6.04 Å². The maximum Gasteiger partial charge on any atom is 0.123 e. The van der Waals surface area contributed by atoms with Crippen LogP contribution in [-0.2, 0) is 6.54 Å². The molecule has 2 aromatic heterocycles. The molecule has 1 aromatic carbocycles. The Morgan fingerprint density at radius 2 is 1.66 bits per heavy atom. The summed E-state index contributed by atoms with van der Waals surface area (Å²) in [5.41, 5.74) is 3.58. The second kappa shape index (κ2) is 8.71. The fourth-order valence-corrected chi connectivity index (χ4v) is 6.49. The molecule has 7 rings (SSSR count). The molecule has 1 N–H and O–H groups in total. The molecule has 4 aliphatic rings. The number of aliphatic hydroxyl groups is 1. The summed E-state index contributed by atoms with van der Waals surface area (Å²) in [5.74, 6) is 0.752. The van der Waals surface area contributed by atoms with Gasteiger partial charge < -0.3 is 10.0 Å². The van der Waals surface area contributed by atoms with Crippen LogP contribution in [0.5, 0.6) is 0 Å². The lowest BCUT2D eigenvalue weighted by molar-refractivity contribution is 0.0504. The molecule has 4 saturated heterocycles. The minimum absolute atomic E-state index is 0.112. The van der Waals surface area contributed by atoms with E-state index in [1.54, 1.807) is 11.3 Å². The van der Waals surface area contributed by atoms with Gasteiger partial charge in [0, 0.05) is 31.1 Å². The third-order valence-electron chi connectivity index (χ3n) is 7.53. The van der Waals surface area contributed by atoms with Crippen molar-refractivity contribution in [1.82, 2.24) is 24.8 Å². The number of nitrogens with zero attached hydrogens (tertiary/aromatic N) is 5. The van der Waals surface area contributed by atoms with Crippen LogP contribution in [0.15, 0.2) is 42.6 Å². The highest BCUT2D eigenvalue weighted by molar-refractivity contribution is 7.18. The first-order valence-electron chi connectivity index (χ1n) is 12.0. The van der Waals surface area contributed by atoms with Crippen molar-refractivity contribution >= 4 is 11.3 Å². The number of hydrogen-bond acceptors (Lipinski definition) is 6. The summed E-state index contributed by atoms with van der Waals surface area (Å²) in [6, 6.07) is 13.8. The minimum Gasteiger partial charge on any atom is -0.393 e. The molecule has 0 radical (unpaired) electrons. The Morgan fingerprint density at radius 1 is 0.906 bits per heavy atom. The van der Waals surface area contributed by atoms with Gasteiger partial charge in [-0.15, -0.1) is 16.4 Å². The van der Waals surface area contributed by atoms with Crippen LogP contribution >= 0.6 is 11.3 Å². The van der Waals surface area contributed by atoms with Crippen molar-refractivity contribution in [2.24, 2.45) is 5.92 Å². The molecule has 168 valence electrons. The molecular formula is C25H31N5OS. The third kappa shape index (κ3) is 4.15. The Hall–Kier alpha value is -2.06. The minimum atomic E-state index is -0.112. The van der Waals surface area contributed by atoms with Gasteiger partial charge in [0.25, 0.3) is 0 Å². The fourth-order valence-electron chi connectivity index (χ4n) is 5.53. The molecule has 6 heterocycles. The molecular weight excluding hydrogens is 418 g/mol. The summed E-state index contributed by atoms with van der Waals surface area (Å²) in [5, 5.41) is 18.7. The van der Waals surface area contributed by atoms with Crippen molar-refractivity contribution in [3.05, 3.63) is 48.2 Å². The second-order valence-electron chi connectivity index (χ2n) is 9.66. The zero-order chi connectivity index (χ0) is 21.5. The van der Waals surface area contributed by atoms with E-state index < -0.39 is 0 Å². The number of aliphatic hydroxyl groups excluding tert-OH is 1. The predicted molar refractivity (Wildman–Crippen MR) is 127 cm³/mol.